The second kappa shape index (κ2) is 8.41. The third-order valence-corrected chi connectivity index (χ3v) is 5.41. The number of hydrogen-bond acceptors (Lipinski definition) is 3. The van der Waals surface area contributed by atoms with E-state index in [1.807, 2.05) is 61.7 Å². The molecular formula is C21H24N2O2S. The second-order valence-electron chi connectivity index (χ2n) is 6.68. The monoisotopic (exact) mass is 368 g/mol. The van der Waals surface area contributed by atoms with Crippen molar-refractivity contribution >= 4 is 29.3 Å². The van der Waals surface area contributed by atoms with Crippen molar-refractivity contribution in [1.82, 2.24) is 4.90 Å². The van der Waals surface area contributed by atoms with Crippen molar-refractivity contribution in [3.05, 3.63) is 59.7 Å². The molecule has 2 aromatic rings. The SMILES string of the molecule is CSc1cccc(NC(=O)[C@@H]2CCCN(C(=O)c3cccc(C)c3)C2)c1. The van der Waals surface area contributed by atoms with Crippen LogP contribution in [0, 0.1) is 12.8 Å². The number of carbonyl (C=O) groups is 2. The van der Waals surface area contributed by atoms with Gasteiger partial charge in [0.25, 0.3) is 5.91 Å². The quantitative estimate of drug-likeness (QED) is 0.823. The topological polar surface area (TPSA) is 49.4 Å². The molecular weight excluding hydrogens is 344 g/mol. The Bertz CT molecular complexity index is 806. The van der Waals surface area contributed by atoms with Crippen LogP contribution in [-0.4, -0.2) is 36.1 Å². The summed E-state index contributed by atoms with van der Waals surface area (Å²) in [7, 11) is 0. The van der Waals surface area contributed by atoms with E-state index in [4.69, 9.17) is 0 Å². The van der Waals surface area contributed by atoms with Gasteiger partial charge in [-0.2, -0.15) is 0 Å². The molecule has 1 heterocycles. The van der Waals surface area contributed by atoms with Gasteiger partial charge in [-0.05, 0) is 56.4 Å². The summed E-state index contributed by atoms with van der Waals surface area (Å²) in [6.07, 6.45) is 3.67. The predicted molar refractivity (Wildman–Crippen MR) is 107 cm³/mol. The van der Waals surface area contributed by atoms with Crippen LogP contribution in [0.5, 0.6) is 0 Å². The normalized spacial score (nSPS) is 17.0. The molecule has 2 amide bonds. The summed E-state index contributed by atoms with van der Waals surface area (Å²) < 4.78 is 0. The molecule has 1 saturated heterocycles. The molecule has 0 saturated carbocycles. The zero-order chi connectivity index (χ0) is 18.5. The highest BCUT2D eigenvalue weighted by atomic mass is 32.2. The molecule has 1 N–H and O–H groups in total. The van der Waals surface area contributed by atoms with Crippen molar-refractivity contribution in [1.29, 1.82) is 0 Å². The molecule has 0 aliphatic carbocycles. The van der Waals surface area contributed by atoms with Crippen LogP contribution in [0.2, 0.25) is 0 Å². The minimum Gasteiger partial charge on any atom is -0.338 e. The standard InChI is InChI=1S/C21H24N2O2S/c1-15-6-3-7-16(12-15)21(25)23-11-5-8-17(14-23)20(24)22-18-9-4-10-19(13-18)26-2/h3-4,6-7,9-10,12-13,17H,5,8,11,14H2,1-2H3,(H,22,24)/t17-/m1/s1. The number of thioether (sulfide) groups is 1. The van der Waals surface area contributed by atoms with Gasteiger partial charge in [0.1, 0.15) is 0 Å². The molecule has 2 aromatic carbocycles. The lowest BCUT2D eigenvalue weighted by Gasteiger charge is -2.32. The molecule has 1 aliphatic heterocycles. The van der Waals surface area contributed by atoms with Gasteiger partial charge >= 0.3 is 0 Å². The van der Waals surface area contributed by atoms with Gasteiger partial charge in [-0.1, -0.05) is 23.8 Å². The van der Waals surface area contributed by atoms with Crippen LogP contribution in [0.1, 0.15) is 28.8 Å². The molecule has 0 radical (unpaired) electrons. The van der Waals surface area contributed by atoms with Gasteiger partial charge in [-0.15, -0.1) is 11.8 Å². The van der Waals surface area contributed by atoms with Gasteiger partial charge in [-0.25, -0.2) is 0 Å². The number of aryl methyl sites for hydroxylation is 1. The fourth-order valence-corrected chi connectivity index (χ4v) is 3.74. The lowest BCUT2D eigenvalue weighted by molar-refractivity contribution is -0.121. The van der Waals surface area contributed by atoms with E-state index >= 15 is 0 Å². The number of carbonyl (C=O) groups excluding carboxylic acids is 2. The Hall–Kier alpha value is -2.27. The van der Waals surface area contributed by atoms with Gasteiger partial charge in [0, 0.05) is 29.2 Å². The average molecular weight is 369 g/mol. The Morgan fingerprint density at radius 1 is 1.15 bits per heavy atom. The number of hydrogen-bond donors (Lipinski definition) is 1. The molecule has 136 valence electrons. The minimum atomic E-state index is -0.171. The Morgan fingerprint density at radius 2 is 1.96 bits per heavy atom. The van der Waals surface area contributed by atoms with Crippen molar-refractivity contribution in [2.24, 2.45) is 5.92 Å². The smallest absolute Gasteiger partial charge is 0.253 e. The van der Waals surface area contributed by atoms with Crippen molar-refractivity contribution in [3.8, 4) is 0 Å². The van der Waals surface area contributed by atoms with E-state index in [1.54, 1.807) is 16.7 Å². The highest BCUT2D eigenvalue weighted by Crippen LogP contribution is 2.23. The van der Waals surface area contributed by atoms with E-state index in [1.165, 1.54) is 0 Å². The molecule has 1 atom stereocenters. The highest BCUT2D eigenvalue weighted by Gasteiger charge is 2.29. The van der Waals surface area contributed by atoms with E-state index in [2.05, 4.69) is 5.32 Å². The molecule has 1 aliphatic rings. The van der Waals surface area contributed by atoms with Crippen LogP contribution in [0.4, 0.5) is 5.69 Å². The molecule has 5 heteroatoms. The van der Waals surface area contributed by atoms with Crippen LogP contribution in [0.25, 0.3) is 0 Å². The minimum absolute atomic E-state index is 0.00926. The predicted octanol–water partition coefficient (Wildman–Crippen LogP) is 4.21. The molecule has 0 aromatic heterocycles. The number of likely N-dealkylation sites (tertiary alicyclic amines) is 1. The van der Waals surface area contributed by atoms with Crippen LogP contribution < -0.4 is 5.32 Å². The van der Waals surface area contributed by atoms with E-state index < -0.39 is 0 Å². The fraction of sp³-hybridized carbons (Fsp3) is 0.333. The summed E-state index contributed by atoms with van der Waals surface area (Å²) >= 11 is 1.64. The number of nitrogens with one attached hydrogen (secondary N) is 1. The van der Waals surface area contributed by atoms with E-state index in [0.29, 0.717) is 18.7 Å². The number of nitrogens with zero attached hydrogens (tertiary/aromatic N) is 1. The van der Waals surface area contributed by atoms with Crippen molar-refractivity contribution in [2.45, 2.75) is 24.7 Å². The summed E-state index contributed by atoms with van der Waals surface area (Å²) in [6.45, 7) is 3.16. The van der Waals surface area contributed by atoms with Crippen molar-refractivity contribution < 1.29 is 9.59 Å². The summed E-state index contributed by atoms with van der Waals surface area (Å²) in [6, 6.07) is 15.4. The molecule has 0 spiro atoms. The van der Waals surface area contributed by atoms with Gasteiger partial charge in [-0.3, -0.25) is 9.59 Å². The van der Waals surface area contributed by atoms with Crippen LogP contribution in [-0.2, 0) is 4.79 Å². The number of anilines is 1. The lowest BCUT2D eigenvalue weighted by Crippen LogP contribution is -2.43. The number of rotatable bonds is 4. The molecule has 26 heavy (non-hydrogen) atoms. The summed E-state index contributed by atoms with van der Waals surface area (Å²) in [5, 5.41) is 3.00. The maximum atomic E-state index is 12.8. The van der Waals surface area contributed by atoms with Gasteiger partial charge < -0.3 is 10.2 Å². The van der Waals surface area contributed by atoms with Gasteiger partial charge in [0.2, 0.25) is 5.91 Å². The zero-order valence-corrected chi connectivity index (χ0v) is 16.0. The van der Waals surface area contributed by atoms with E-state index in [9.17, 15) is 9.59 Å². The first-order chi connectivity index (χ1) is 12.6. The molecule has 4 nitrogen and oxygen atoms in total. The third kappa shape index (κ3) is 4.47. The first-order valence-electron chi connectivity index (χ1n) is 8.87. The fourth-order valence-electron chi connectivity index (χ4n) is 3.28. The van der Waals surface area contributed by atoms with Gasteiger partial charge in [0.15, 0.2) is 0 Å². The maximum absolute atomic E-state index is 12.8. The third-order valence-electron chi connectivity index (χ3n) is 4.68. The Morgan fingerprint density at radius 3 is 2.73 bits per heavy atom. The second-order valence-corrected chi connectivity index (χ2v) is 7.56. The van der Waals surface area contributed by atoms with Gasteiger partial charge in [0.05, 0.1) is 5.92 Å². The average Bonchev–Trinajstić information content (AvgIpc) is 2.67. The summed E-state index contributed by atoms with van der Waals surface area (Å²) in [5.41, 5.74) is 2.57. The molecule has 1 fully saturated rings. The molecule has 0 unspecified atom stereocenters. The first kappa shape index (κ1) is 18.5. The molecule has 0 bridgehead atoms. The summed E-state index contributed by atoms with van der Waals surface area (Å²) in [5.74, 6) is -0.170. The lowest BCUT2D eigenvalue weighted by atomic mass is 9.96. The summed E-state index contributed by atoms with van der Waals surface area (Å²) in [4.78, 5) is 28.3. The zero-order valence-electron chi connectivity index (χ0n) is 15.2. The largest absolute Gasteiger partial charge is 0.338 e. The molecule has 3 rings (SSSR count). The van der Waals surface area contributed by atoms with E-state index in [-0.39, 0.29) is 17.7 Å². The van der Waals surface area contributed by atoms with Crippen LogP contribution >= 0.6 is 11.8 Å². The Balaban J connectivity index is 1.65. The van der Waals surface area contributed by atoms with Crippen LogP contribution in [0.15, 0.2) is 53.4 Å². The Labute approximate surface area is 159 Å². The van der Waals surface area contributed by atoms with Crippen molar-refractivity contribution in [2.75, 3.05) is 24.7 Å². The maximum Gasteiger partial charge on any atom is 0.253 e. The van der Waals surface area contributed by atoms with E-state index in [0.717, 1.165) is 29.0 Å². The first-order valence-corrected chi connectivity index (χ1v) is 10.1. The number of benzene rings is 2. The number of amides is 2. The van der Waals surface area contributed by atoms with Crippen molar-refractivity contribution in [3.63, 3.8) is 0 Å². The van der Waals surface area contributed by atoms with Crippen LogP contribution in [0.3, 0.4) is 0 Å². The Kier molecular flexibility index (Phi) is 5.99. The highest BCUT2D eigenvalue weighted by molar-refractivity contribution is 7.98. The number of piperidine rings is 1.